The zero-order valence-corrected chi connectivity index (χ0v) is 40.6. The molecule has 0 bridgehead atoms. The standard InChI is InChI=1S/C64H44BN7O/c1-37-29-39(3)56(40(4)30-37)45-26-28-54-50(35-45)65-51-36-47(64-70-61(43-21-13-7-14-22-43)67-62(71-64)44-23-15-8-16-24-44)34-49-48-33-46(25-27-52(48)72(58(49)51)53-31-38(2)32-55(73-54)57(53)65)63-68-59(41-17-9-5-10-18-41)66-60(69-63)42-19-11-6-12-20-42/h5-36H,1-4H3. The van der Waals surface area contributed by atoms with Crippen molar-refractivity contribution in [1.82, 2.24) is 34.5 Å². The van der Waals surface area contributed by atoms with Crippen LogP contribution in [0.2, 0.25) is 0 Å². The average Bonchev–Trinajstić information content (AvgIpc) is 3.76. The predicted octanol–water partition coefficient (Wildman–Crippen LogP) is 13.0. The molecule has 9 heteroatoms. The molecule has 5 heterocycles. The largest absolute Gasteiger partial charge is 0.458 e. The Morgan fingerprint density at radius 3 is 1.36 bits per heavy atom. The molecule has 0 radical (unpaired) electrons. The van der Waals surface area contributed by atoms with Crippen LogP contribution in [0, 0.1) is 27.7 Å². The van der Waals surface area contributed by atoms with Crippen LogP contribution < -0.4 is 21.1 Å². The summed E-state index contributed by atoms with van der Waals surface area (Å²) in [6.07, 6.45) is 0. The Morgan fingerprint density at radius 2 is 0.822 bits per heavy atom. The second-order valence-corrected chi connectivity index (χ2v) is 19.4. The smallest absolute Gasteiger partial charge is 0.256 e. The van der Waals surface area contributed by atoms with Gasteiger partial charge >= 0.3 is 0 Å². The number of aryl methyl sites for hydroxylation is 4. The number of benzene rings is 9. The number of hydrogen-bond acceptors (Lipinski definition) is 7. The van der Waals surface area contributed by atoms with Gasteiger partial charge in [-0.1, -0.05) is 157 Å². The van der Waals surface area contributed by atoms with Gasteiger partial charge in [0.05, 0.1) is 5.52 Å². The van der Waals surface area contributed by atoms with Crippen LogP contribution in [0.3, 0.4) is 0 Å². The maximum absolute atomic E-state index is 7.02. The van der Waals surface area contributed by atoms with Crippen LogP contribution in [0.1, 0.15) is 22.3 Å². The van der Waals surface area contributed by atoms with Crippen LogP contribution in [-0.4, -0.2) is 41.2 Å². The van der Waals surface area contributed by atoms with Crippen molar-refractivity contribution in [3.8, 4) is 96.6 Å². The second-order valence-electron chi connectivity index (χ2n) is 19.4. The minimum atomic E-state index is -0.187. The maximum Gasteiger partial charge on any atom is 0.256 e. The van der Waals surface area contributed by atoms with E-state index < -0.39 is 0 Å². The highest BCUT2D eigenvalue weighted by molar-refractivity contribution is 6.99. The van der Waals surface area contributed by atoms with Gasteiger partial charge in [-0.25, -0.2) is 29.9 Å². The molecule has 8 nitrogen and oxygen atoms in total. The fourth-order valence-corrected chi connectivity index (χ4v) is 11.4. The van der Waals surface area contributed by atoms with E-state index in [2.05, 4.69) is 129 Å². The molecule has 12 aromatic rings. The van der Waals surface area contributed by atoms with Crippen molar-refractivity contribution in [1.29, 1.82) is 0 Å². The van der Waals surface area contributed by atoms with Gasteiger partial charge in [-0.05, 0) is 114 Å². The zero-order valence-electron chi connectivity index (χ0n) is 40.6. The highest BCUT2D eigenvalue weighted by Crippen LogP contribution is 2.42. The van der Waals surface area contributed by atoms with E-state index >= 15 is 0 Å². The van der Waals surface area contributed by atoms with Crippen molar-refractivity contribution >= 4 is 44.9 Å². The molecule has 2 aliphatic rings. The van der Waals surface area contributed by atoms with Gasteiger partial charge in [0.25, 0.3) is 6.71 Å². The van der Waals surface area contributed by atoms with E-state index in [1.807, 2.05) is 97.1 Å². The Bertz CT molecular complexity index is 4080. The third-order valence-corrected chi connectivity index (χ3v) is 14.4. The molecule has 3 aromatic heterocycles. The summed E-state index contributed by atoms with van der Waals surface area (Å²) in [5.41, 5.74) is 19.4. The van der Waals surface area contributed by atoms with E-state index in [9.17, 15) is 0 Å². The predicted molar refractivity (Wildman–Crippen MR) is 296 cm³/mol. The van der Waals surface area contributed by atoms with E-state index in [0.29, 0.717) is 34.9 Å². The fraction of sp³-hybridized carbons (Fsp3) is 0.0625. The molecule has 0 fully saturated rings. The zero-order chi connectivity index (χ0) is 48.9. The van der Waals surface area contributed by atoms with Crippen molar-refractivity contribution in [2.24, 2.45) is 0 Å². The molecule has 2 aliphatic heterocycles. The molecule has 73 heavy (non-hydrogen) atoms. The number of hydrogen-bond donors (Lipinski definition) is 0. The van der Waals surface area contributed by atoms with E-state index in [1.165, 1.54) is 22.3 Å². The Hall–Kier alpha value is -9.34. The normalized spacial score (nSPS) is 12.2. The summed E-state index contributed by atoms with van der Waals surface area (Å²) < 4.78 is 9.47. The molecule has 0 aliphatic carbocycles. The third-order valence-electron chi connectivity index (χ3n) is 14.4. The van der Waals surface area contributed by atoms with E-state index in [1.54, 1.807) is 0 Å². The first kappa shape index (κ1) is 42.5. The molecule has 0 saturated heterocycles. The molecule has 9 aromatic carbocycles. The Kier molecular flexibility index (Phi) is 9.70. The summed E-state index contributed by atoms with van der Waals surface area (Å²) in [5.74, 6) is 5.31. The van der Waals surface area contributed by atoms with Crippen LogP contribution in [0.15, 0.2) is 194 Å². The van der Waals surface area contributed by atoms with Crippen LogP contribution in [-0.2, 0) is 0 Å². The summed E-state index contributed by atoms with van der Waals surface area (Å²) in [6, 6.07) is 67.6. The van der Waals surface area contributed by atoms with E-state index in [4.69, 9.17) is 34.6 Å². The number of aromatic nitrogens is 7. The van der Waals surface area contributed by atoms with Gasteiger partial charge in [0, 0.05) is 55.4 Å². The van der Waals surface area contributed by atoms with Gasteiger partial charge in [0.2, 0.25) is 0 Å². The summed E-state index contributed by atoms with van der Waals surface area (Å²) in [4.78, 5) is 31.1. The summed E-state index contributed by atoms with van der Waals surface area (Å²) >= 11 is 0. The SMILES string of the molecule is Cc1cc(C)c(-c2ccc3c(c2)B2c4c(cc(C)cc4-n4c5ccc(-c6nc(-c7ccccc7)nc(-c7ccccc7)n6)cc5c5cc(-c6nc(-c7ccccc7)nc(-c7ccccc7)n6)cc2c54)O3)c(C)c1. The van der Waals surface area contributed by atoms with Gasteiger partial charge in [-0.2, -0.15) is 0 Å². The minimum Gasteiger partial charge on any atom is -0.458 e. The monoisotopic (exact) mass is 937 g/mol. The maximum atomic E-state index is 7.02. The van der Waals surface area contributed by atoms with E-state index in [0.717, 1.165) is 99.9 Å². The first-order valence-electron chi connectivity index (χ1n) is 24.7. The minimum absolute atomic E-state index is 0.187. The van der Waals surface area contributed by atoms with E-state index in [-0.39, 0.29) is 6.71 Å². The molecule has 0 amide bonds. The molecule has 0 saturated carbocycles. The number of rotatable bonds is 7. The van der Waals surface area contributed by atoms with Crippen LogP contribution >= 0.6 is 0 Å². The topological polar surface area (TPSA) is 91.5 Å². The van der Waals surface area contributed by atoms with Crippen molar-refractivity contribution < 1.29 is 4.74 Å². The number of ether oxygens (including phenoxy) is 1. The molecule has 0 N–H and O–H groups in total. The van der Waals surface area contributed by atoms with Crippen molar-refractivity contribution in [3.05, 3.63) is 216 Å². The van der Waals surface area contributed by atoms with Crippen LogP contribution in [0.5, 0.6) is 11.5 Å². The molecule has 0 atom stereocenters. The number of fused-ring (bicyclic) bond motifs is 7. The lowest BCUT2D eigenvalue weighted by molar-refractivity contribution is 0.487. The summed E-state index contributed by atoms with van der Waals surface area (Å²) in [7, 11) is 0. The average molecular weight is 938 g/mol. The van der Waals surface area contributed by atoms with Gasteiger partial charge in [-0.15, -0.1) is 0 Å². The number of nitrogens with zero attached hydrogens (tertiary/aromatic N) is 7. The van der Waals surface area contributed by atoms with Crippen molar-refractivity contribution in [2.45, 2.75) is 27.7 Å². The highest BCUT2D eigenvalue weighted by Gasteiger charge is 2.41. The Morgan fingerprint density at radius 1 is 0.370 bits per heavy atom. The molecule has 0 unspecified atom stereocenters. The van der Waals surface area contributed by atoms with Gasteiger partial charge in [0.15, 0.2) is 34.9 Å². The van der Waals surface area contributed by atoms with Crippen LogP contribution in [0.25, 0.3) is 107 Å². The van der Waals surface area contributed by atoms with Crippen molar-refractivity contribution in [3.63, 3.8) is 0 Å². The highest BCUT2D eigenvalue weighted by atomic mass is 16.5. The quantitative estimate of drug-likeness (QED) is 0.147. The first-order chi connectivity index (χ1) is 35.8. The first-order valence-corrected chi connectivity index (χ1v) is 24.7. The molecule has 14 rings (SSSR count). The Balaban J connectivity index is 1.07. The Labute approximate surface area is 422 Å². The van der Waals surface area contributed by atoms with Crippen molar-refractivity contribution in [2.75, 3.05) is 0 Å². The summed E-state index contributed by atoms with van der Waals surface area (Å²) in [5, 5.41) is 2.12. The molecule has 0 spiro atoms. The van der Waals surface area contributed by atoms with Crippen LogP contribution in [0.4, 0.5) is 0 Å². The van der Waals surface area contributed by atoms with Gasteiger partial charge in [0.1, 0.15) is 11.5 Å². The molecular formula is C64H44BN7O. The molecular weight excluding hydrogens is 894 g/mol. The third kappa shape index (κ3) is 7.07. The summed E-state index contributed by atoms with van der Waals surface area (Å²) in [6.45, 7) is 8.56. The molecule has 344 valence electrons. The van der Waals surface area contributed by atoms with Gasteiger partial charge in [-0.3, -0.25) is 0 Å². The lowest BCUT2D eigenvalue weighted by Gasteiger charge is -2.34. The lowest BCUT2D eigenvalue weighted by Crippen LogP contribution is -2.58. The second kappa shape index (κ2) is 16.6. The lowest BCUT2D eigenvalue weighted by atomic mass is 9.34. The fourth-order valence-electron chi connectivity index (χ4n) is 11.4. The van der Waals surface area contributed by atoms with Gasteiger partial charge < -0.3 is 9.30 Å².